The molecule has 6 atom stereocenters. The first kappa shape index (κ1) is 28.4. The number of nitrogens with zero attached hydrogens (tertiary/aromatic N) is 1. The lowest BCUT2D eigenvalue weighted by Gasteiger charge is -2.39. The molecule has 0 aromatic heterocycles. The van der Waals surface area contributed by atoms with Crippen molar-refractivity contribution in [1.82, 2.24) is 10.2 Å². The molecule has 1 aromatic carbocycles. The van der Waals surface area contributed by atoms with E-state index in [-0.39, 0.29) is 30.2 Å². The Morgan fingerprint density at radius 1 is 1.18 bits per heavy atom. The van der Waals surface area contributed by atoms with Crippen LogP contribution in [0.25, 0.3) is 0 Å². The molecule has 38 heavy (non-hydrogen) atoms. The summed E-state index contributed by atoms with van der Waals surface area (Å²) in [5.74, 6) is -1.62. The van der Waals surface area contributed by atoms with Crippen LogP contribution in [0, 0.1) is 17.8 Å². The maximum Gasteiger partial charge on any atom is 0.246 e. The first-order valence-corrected chi connectivity index (χ1v) is 13.8. The van der Waals surface area contributed by atoms with Crippen LogP contribution in [0.3, 0.4) is 0 Å². The Bertz CT molecular complexity index is 1070. The van der Waals surface area contributed by atoms with Gasteiger partial charge in [-0.3, -0.25) is 14.4 Å². The molecule has 3 amide bonds. The third-order valence-corrected chi connectivity index (χ3v) is 8.02. The smallest absolute Gasteiger partial charge is 0.246 e. The minimum Gasteiger partial charge on any atom is -0.494 e. The lowest BCUT2D eigenvalue weighted by atomic mass is 9.66. The summed E-state index contributed by atoms with van der Waals surface area (Å²) < 4.78 is 12.1. The first-order chi connectivity index (χ1) is 17.8. The van der Waals surface area contributed by atoms with Crippen molar-refractivity contribution in [3.63, 3.8) is 0 Å². The zero-order valence-electron chi connectivity index (χ0n) is 23.7. The minimum atomic E-state index is -1.13. The number of benzene rings is 1. The second-order valence-electron chi connectivity index (χ2n) is 12.6. The molecule has 3 aliphatic rings. The van der Waals surface area contributed by atoms with Gasteiger partial charge in [-0.1, -0.05) is 13.8 Å². The summed E-state index contributed by atoms with van der Waals surface area (Å²) in [7, 11) is 0. The van der Waals surface area contributed by atoms with Gasteiger partial charge in [0.15, 0.2) is 0 Å². The van der Waals surface area contributed by atoms with Gasteiger partial charge in [-0.2, -0.15) is 0 Å². The molecule has 210 valence electrons. The highest BCUT2D eigenvalue weighted by molar-refractivity contribution is 6.02. The lowest BCUT2D eigenvalue weighted by molar-refractivity contribution is -0.149. The zero-order valence-corrected chi connectivity index (χ0v) is 23.7. The SMILES string of the molecule is CCOc1ccc(NC(=O)[C@@H]2[C@H]3C(=O)N([C@@H](CO)CC(C)C)C(C(=O)NC(C)(C)C)C34CC[C@@]2(C)O4)cc1. The summed E-state index contributed by atoms with van der Waals surface area (Å²) in [6.45, 7) is 13.7. The van der Waals surface area contributed by atoms with Crippen molar-refractivity contribution < 1.29 is 29.0 Å². The Morgan fingerprint density at radius 3 is 2.39 bits per heavy atom. The number of anilines is 1. The molecule has 3 fully saturated rings. The number of rotatable bonds is 9. The fraction of sp³-hybridized carbons (Fsp3) is 0.690. The van der Waals surface area contributed by atoms with Gasteiger partial charge in [0.05, 0.1) is 36.7 Å². The van der Waals surface area contributed by atoms with E-state index >= 15 is 0 Å². The fourth-order valence-corrected chi connectivity index (χ4v) is 6.74. The molecular formula is C29H43N3O6. The van der Waals surface area contributed by atoms with E-state index in [0.717, 1.165) is 0 Å². The molecule has 3 heterocycles. The number of aliphatic hydroxyl groups excluding tert-OH is 1. The van der Waals surface area contributed by atoms with Crippen LogP contribution in [0.4, 0.5) is 5.69 Å². The Kier molecular flexibility index (Phi) is 7.58. The predicted molar refractivity (Wildman–Crippen MR) is 144 cm³/mol. The summed E-state index contributed by atoms with van der Waals surface area (Å²) in [6, 6.07) is 5.62. The van der Waals surface area contributed by atoms with E-state index < -0.39 is 40.7 Å². The van der Waals surface area contributed by atoms with E-state index in [9.17, 15) is 19.5 Å². The molecule has 9 nitrogen and oxygen atoms in total. The van der Waals surface area contributed by atoms with Gasteiger partial charge in [0, 0.05) is 11.2 Å². The topological polar surface area (TPSA) is 117 Å². The molecule has 4 rings (SSSR count). The molecule has 3 N–H and O–H groups in total. The molecule has 9 heteroatoms. The van der Waals surface area contributed by atoms with Crippen LogP contribution < -0.4 is 15.4 Å². The van der Waals surface area contributed by atoms with Crippen molar-refractivity contribution >= 4 is 23.4 Å². The largest absolute Gasteiger partial charge is 0.494 e. The number of fused-ring (bicyclic) bond motifs is 1. The second kappa shape index (κ2) is 10.2. The summed E-state index contributed by atoms with van der Waals surface area (Å²) in [6.07, 6.45) is 1.58. The average molecular weight is 530 g/mol. The molecule has 0 saturated carbocycles. The molecule has 0 aliphatic carbocycles. The van der Waals surface area contributed by atoms with Crippen LogP contribution in [-0.2, 0) is 19.1 Å². The van der Waals surface area contributed by atoms with Crippen LogP contribution in [0.5, 0.6) is 5.75 Å². The van der Waals surface area contributed by atoms with Crippen LogP contribution in [-0.4, -0.2) is 69.8 Å². The average Bonchev–Trinajstić information content (AvgIpc) is 3.38. The predicted octanol–water partition coefficient (Wildman–Crippen LogP) is 3.11. The summed E-state index contributed by atoms with van der Waals surface area (Å²) >= 11 is 0. The van der Waals surface area contributed by atoms with Gasteiger partial charge in [0.25, 0.3) is 0 Å². The Balaban J connectivity index is 1.71. The highest BCUT2D eigenvalue weighted by atomic mass is 16.5. The normalized spacial score (nSPS) is 30.9. The monoisotopic (exact) mass is 529 g/mol. The molecule has 1 spiro atoms. The van der Waals surface area contributed by atoms with E-state index in [4.69, 9.17) is 9.47 Å². The fourth-order valence-electron chi connectivity index (χ4n) is 6.74. The van der Waals surface area contributed by atoms with Crippen molar-refractivity contribution in [3.8, 4) is 5.75 Å². The molecule has 3 aliphatic heterocycles. The van der Waals surface area contributed by atoms with E-state index in [1.165, 1.54) is 4.90 Å². The highest BCUT2D eigenvalue weighted by Gasteiger charge is 2.78. The molecule has 3 saturated heterocycles. The third-order valence-electron chi connectivity index (χ3n) is 8.02. The number of likely N-dealkylation sites (tertiary alicyclic amines) is 1. The lowest BCUT2D eigenvalue weighted by Crippen LogP contribution is -2.60. The van der Waals surface area contributed by atoms with Gasteiger partial charge in [0.1, 0.15) is 17.4 Å². The van der Waals surface area contributed by atoms with Crippen molar-refractivity contribution in [2.24, 2.45) is 17.8 Å². The molecule has 0 radical (unpaired) electrons. The maximum atomic E-state index is 14.2. The van der Waals surface area contributed by atoms with Crippen molar-refractivity contribution in [1.29, 1.82) is 0 Å². The van der Waals surface area contributed by atoms with Crippen molar-refractivity contribution in [2.45, 2.75) is 96.6 Å². The van der Waals surface area contributed by atoms with Crippen LogP contribution in [0.15, 0.2) is 24.3 Å². The second-order valence-corrected chi connectivity index (χ2v) is 12.6. The molecular weight excluding hydrogens is 486 g/mol. The number of nitrogens with one attached hydrogen (secondary N) is 2. The van der Waals surface area contributed by atoms with Gasteiger partial charge in [-0.05, 0) is 84.1 Å². The van der Waals surface area contributed by atoms with Crippen molar-refractivity contribution in [3.05, 3.63) is 24.3 Å². The number of amides is 3. The van der Waals surface area contributed by atoms with E-state index in [0.29, 0.717) is 37.3 Å². The van der Waals surface area contributed by atoms with Gasteiger partial charge in [-0.25, -0.2) is 0 Å². The van der Waals surface area contributed by atoms with Gasteiger partial charge in [-0.15, -0.1) is 0 Å². The summed E-state index contributed by atoms with van der Waals surface area (Å²) in [5, 5.41) is 16.4. The van der Waals surface area contributed by atoms with E-state index in [1.807, 2.05) is 48.5 Å². The molecule has 2 bridgehead atoms. The Labute approximate surface area is 225 Å². The van der Waals surface area contributed by atoms with Crippen molar-refractivity contribution in [2.75, 3.05) is 18.5 Å². The van der Waals surface area contributed by atoms with Gasteiger partial charge >= 0.3 is 0 Å². The zero-order chi connectivity index (χ0) is 28.0. The maximum absolute atomic E-state index is 14.2. The number of hydrogen-bond acceptors (Lipinski definition) is 6. The summed E-state index contributed by atoms with van der Waals surface area (Å²) in [5.41, 5.74) is -1.95. The van der Waals surface area contributed by atoms with Crippen LogP contribution >= 0.6 is 0 Å². The minimum absolute atomic E-state index is 0.192. The number of ether oxygens (including phenoxy) is 2. The first-order valence-electron chi connectivity index (χ1n) is 13.8. The highest BCUT2D eigenvalue weighted by Crippen LogP contribution is 2.63. The molecule has 2 unspecified atom stereocenters. The number of carbonyl (C=O) groups excluding carboxylic acids is 3. The molecule has 1 aromatic rings. The van der Waals surface area contributed by atoms with Crippen LogP contribution in [0.1, 0.15) is 67.7 Å². The quantitative estimate of drug-likeness (QED) is 0.453. The summed E-state index contributed by atoms with van der Waals surface area (Å²) in [4.78, 5) is 43.4. The number of hydrogen-bond donors (Lipinski definition) is 3. The Morgan fingerprint density at radius 2 is 1.84 bits per heavy atom. The number of carbonyl (C=O) groups is 3. The van der Waals surface area contributed by atoms with Crippen LogP contribution in [0.2, 0.25) is 0 Å². The van der Waals surface area contributed by atoms with Gasteiger partial charge < -0.3 is 30.1 Å². The van der Waals surface area contributed by atoms with E-state index in [2.05, 4.69) is 10.6 Å². The third kappa shape index (κ3) is 4.91. The van der Waals surface area contributed by atoms with Gasteiger partial charge in [0.2, 0.25) is 17.7 Å². The van der Waals surface area contributed by atoms with E-state index in [1.54, 1.807) is 24.3 Å². The number of aliphatic hydroxyl groups is 1. The Hall–Kier alpha value is -2.65. The standard InChI is InChI=1S/C29H43N3O6/c1-8-37-20-11-9-18(10-12-20)30-24(34)21-22-26(36)32(19(16-33)15-17(2)3)23(25(35)31-27(4,5)6)29(22)14-13-28(21,7)38-29/h9-12,17,19,21-23,33H,8,13-16H2,1-7H3,(H,30,34)(H,31,35)/t19-,21+,22+,23?,28-,29?/m1/s1.